The van der Waals surface area contributed by atoms with E-state index in [2.05, 4.69) is 5.32 Å². The zero-order valence-corrected chi connectivity index (χ0v) is 24.7. The number of rotatable bonds is 14. The number of amides is 1. The number of methoxy groups -OCH3 is 1. The molecule has 1 N–H and O–H groups in total. The molecule has 4 aromatic carbocycles. The van der Waals surface area contributed by atoms with E-state index in [9.17, 15) is 18.8 Å². The van der Waals surface area contributed by atoms with Crippen molar-refractivity contribution in [1.29, 1.82) is 0 Å². The number of ether oxygens (including phenoxy) is 2. The molecule has 0 aromatic heterocycles. The summed E-state index contributed by atoms with van der Waals surface area (Å²) in [6, 6.07) is 28.6. The van der Waals surface area contributed by atoms with Crippen LogP contribution in [0.25, 0.3) is 0 Å². The van der Waals surface area contributed by atoms with Crippen LogP contribution in [0.15, 0.2) is 115 Å². The van der Waals surface area contributed by atoms with Gasteiger partial charge in [-0.15, -0.1) is 0 Å². The van der Waals surface area contributed by atoms with E-state index in [-0.39, 0.29) is 11.7 Å². The Bertz CT molecular complexity index is 1590. The quantitative estimate of drug-likeness (QED) is 0.0764. The molecule has 0 saturated heterocycles. The fourth-order valence-corrected chi connectivity index (χ4v) is 4.69. The molecule has 1 amide bonds. The van der Waals surface area contributed by atoms with E-state index < -0.39 is 17.8 Å². The van der Waals surface area contributed by atoms with Gasteiger partial charge >= 0.3 is 5.97 Å². The summed E-state index contributed by atoms with van der Waals surface area (Å²) in [5.41, 5.74) is 2.90. The molecule has 1 atom stereocenters. The van der Waals surface area contributed by atoms with E-state index in [4.69, 9.17) is 9.47 Å². The van der Waals surface area contributed by atoms with Crippen molar-refractivity contribution in [3.05, 3.63) is 138 Å². The van der Waals surface area contributed by atoms with Gasteiger partial charge < -0.3 is 19.7 Å². The highest BCUT2D eigenvalue weighted by atomic mass is 19.1. The van der Waals surface area contributed by atoms with E-state index in [0.717, 1.165) is 5.56 Å². The van der Waals surface area contributed by atoms with Crippen molar-refractivity contribution in [2.24, 2.45) is 0 Å². The molecule has 0 heterocycles. The molecule has 4 rings (SSSR count). The smallest absolute Gasteiger partial charge is 0.328 e. The maximum Gasteiger partial charge on any atom is 0.328 e. The average molecular weight is 595 g/mol. The lowest BCUT2D eigenvalue weighted by molar-refractivity contribution is -0.141. The van der Waals surface area contributed by atoms with Crippen molar-refractivity contribution < 1.29 is 28.2 Å². The van der Waals surface area contributed by atoms with Crippen LogP contribution >= 0.6 is 0 Å². The monoisotopic (exact) mass is 594 g/mol. The molecule has 44 heavy (non-hydrogen) atoms. The largest absolute Gasteiger partial charge is 0.494 e. The van der Waals surface area contributed by atoms with Crippen LogP contribution in [0, 0.1) is 5.82 Å². The normalized spacial score (nSPS) is 11.5. The lowest BCUT2D eigenvalue weighted by atomic mass is 10.00. The topological polar surface area (TPSA) is 84.9 Å². The minimum absolute atomic E-state index is 0.149. The maximum absolute atomic E-state index is 13.8. The zero-order valence-electron chi connectivity index (χ0n) is 24.7. The summed E-state index contributed by atoms with van der Waals surface area (Å²) in [6.45, 7) is 2.45. The predicted molar refractivity (Wildman–Crippen MR) is 170 cm³/mol. The van der Waals surface area contributed by atoms with Crippen molar-refractivity contribution >= 4 is 29.0 Å². The summed E-state index contributed by atoms with van der Waals surface area (Å²) >= 11 is 0. The van der Waals surface area contributed by atoms with E-state index in [0.29, 0.717) is 54.2 Å². The minimum Gasteiger partial charge on any atom is -0.494 e. The van der Waals surface area contributed by atoms with Crippen molar-refractivity contribution in [2.75, 3.05) is 30.5 Å². The molecule has 8 heteroatoms. The Morgan fingerprint density at radius 1 is 0.909 bits per heavy atom. The molecule has 0 bridgehead atoms. The van der Waals surface area contributed by atoms with E-state index >= 15 is 0 Å². The number of anilines is 2. The van der Waals surface area contributed by atoms with Crippen LogP contribution < -0.4 is 15.0 Å². The number of nitrogens with zero attached hydrogens (tertiary/aromatic N) is 1. The molecule has 0 aliphatic heterocycles. The first-order valence-corrected chi connectivity index (χ1v) is 14.3. The highest BCUT2D eigenvalue weighted by Crippen LogP contribution is 2.23. The SMILES string of the molecule is CC=CC(=O)N(CCCOc1ccc(C[C@H](Nc2ccccc2C(=O)c2ccccc2)C(=O)OC)cc1)c1cccc(F)c1. The van der Waals surface area contributed by atoms with Crippen molar-refractivity contribution in [1.82, 2.24) is 0 Å². The molecule has 0 unspecified atom stereocenters. The average Bonchev–Trinajstić information content (AvgIpc) is 3.05. The highest BCUT2D eigenvalue weighted by Gasteiger charge is 2.23. The number of esters is 1. The molecule has 0 fully saturated rings. The minimum atomic E-state index is -0.736. The van der Waals surface area contributed by atoms with Gasteiger partial charge in [-0.25, -0.2) is 9.18 Å². The van der Waals surface area contributed by atoms with Crippen LogP contribution in [0.1, 0.15) is 34.8 Å². The molecule has 7 nitrogen and oxygen atoms in total. The van der Waals surface area contributed by atoms with Gasteiger partial charge in [-0.1, -0.05) is 66.7 Å². The van der Waals surface area contributed by atoms with Gasteiger partial charge in [-0.2, -0.15) is 0 Å². The van der Waals surface area contributed by atoms with Gasteiger partial charge in [-0.05, 0) is 67.4 Å². The van der Waals surface area contributed by atoms with Crippen molar-refractivity contribution in [3.63, 3.8) is 0 Å². The van der Waals surface area contributed by atoms with Crippen LogP contribution in [-0.2, 0) is 20.7 Å². The van der Waals surface area contributed by atoms with Gasteiger partial charge in [-0.3, -0.25) is 9.59 Å². The molecule has 4 aromatic rings. The summed E-state index contributed by atoms with van der Waals surface area (Å²) in [6.07, 6.45) is 3.93. The molecule has 0 aliphatic rings. The molecular formula is C36H35FN2O5. The third-order valence-corrected chi connectivity index (χ3v) is 6.88. The first kappa shape index (κ1) is 31.7. The van der Waals surface area contributed by atoms with E-state index in [1.165, 1.54) is 30.2 Å². The lowest BCUT2D eigenvalue weighted by Gasteiger charge is -2.21. The van der Waals surface area contributed by atoms with E-state index in [1.54, 1.807) is 61.5 Å². The van der Waals surface area contributed by atoms with Crippen LogP contribution in [0.4, 0.5) is 15.8 Å². The third kappa shape index (κ3) is 8.64. The van der Waals surface area contributed by atoms with Crippen molar-refractivity contribution in [3.8, 4) is 5.75 Å². The van der Waals surface area contributed by atoms with Gasteiger partial charge in [0.2, 0.25) is 0 Å². The van der Waals surface area contributed by atoms with Crippen LogP contribution in [-0.4, -0.2) is 44.0 Å². The number of hydrogen-bond acceptors (Lipinski definition) is 6. The highest BCUT2D eigenvalue weighted by molar-refractivity contribution is 6.12. The second-order valence-electron chi connectivity index (χ2n) is 9.98. The summed E-state index contributed by atoms with van der Waals surface area (Å²) < 4.78 is 24.7. The number of carbonyl (C=O) groups is 3. The number of ketones is 1. The van der Waals surface area contributed by atoms with E-state index in [1.807, 2.05) is 42.5 Å². The summed E-state index contributed by atoms with van der Waals surface area (Å²) in [4.78, 5) is 40.0. The van der Waals surface area contributed by atoms with Gasteiger partial charge in [0, 0.05) is 35.5 Å². The van der Waals surface area contributed by atoms with Crippen LogP contribution in [0.5, 0.6) is 5.75 Å². The number of hydrogen-bond donors (Lipinski definition) is 1. The van der Waals surface area contributed by atoms with Crippen LogP contribution in [0.3, 0.4) is 0 Å². The third-order valence-electron chi connectivity index (χ3n) is 6.88. The Hall–Kier alpha value is -5.24. The molecular weight excluding hydrogens is 559 g/mol. The Kier molecular flexibility index (Phi) is 11.4. The molecule has 0 aliphatic carbocycles. The number of para-hydroxylation sites is 1. The fourth-order valence-electron chi connectivity index (χ4n) is 4.69. The summed E-state index contributed by atoms with van der Waals surface area (Å²) in [5.74, 6) is -0.617. The summed E-state index contributed by atoms with van der Waals surface area (Å²) in [5, 5.41) is 3.21. The number of allylic oxidation sites excluding steroid dienone is 1. The number of nitrogens with one attached hydrogen (secondary N) is 1. The Labute approximate surface area is 256 Å². The lowest BCUT2D eigenvalue weighted by Crippen LogP contribution is -2.33. The summed E-state index contributed by atoms with van der Waals surface area (Å²) in [7, 11) is 1.33. The van der Waals surface area contributed by atoms with Gasteiger partial charge in [0.05, 0.1) is 13.7 Å². The second-order valence-corrected chi connectivity index (χ2v) is 9.98. The molecule has 0 spiro atoms. The fraction of sp³-hybridized carbons (Fsp3) is 0.194. The Morgan fingerprint density at radius 3 is 2.34 bits per heavy atom. The van der Waals surface area contributed by atoms with Gasteiger partial charge in [0.15, 0.2) is 5.78 Å². The first-order valence-electron chi connectivity index (χ1n) is 14.3. The number of benzene rings is 4. The second kappa shape index (κ2) is 15.8. The Morgan fingerprint density at radius 2 is 1.64 bits per heavy atom. The van der Waals surface area contributed by atoms with Crippen molar-refractivity contribution in [2.45, 2.75) is 25.8 Å². The van der Waals surface area contributed by atoms with Crippen LogP contribution in [0.2, 0.25) is 0 Å². The number of halogens is 1. The first-order chi connectivity index (χ1) is 21.4. The van der Waals surface area contributed by atoms with Gasteiger partial charge in [0.25, 0.3) is 5.91 Å². The molecule has 0 radical (unpaired) electrons. The molecule has 0 saturated carbocycles. The standard InChI is InChI=1S/C36H35FN2O5/c1-3-11-34(40)39(29-15-9-14-28(37)25-29)22-10-23-44-30-20-18-26(19-21-30)24-33(36(42)43-2)38-32-17-8-7-16-31(32)35(41)27-12-5-4-6-13-27/h3-9,11-21,25,33,38H,10,22-24H2,1-2H3/t33-/m0/s1. The maximum atomic E-state index is 13.8. The zero-order chi connectivity index (χ0) is 31.3. The predicted octanol–water partition coefficient (Wildman–Crippen LogP) is 6.63. The van der Waals surface area contributed by atoms with Gasteiger partial charge in [0.1, 0.15) is 17.6 Å². The Balaban J connectivity index is 1.37. The number of carbonyl (C=O) groups excluding carboxylic acids is 3. The molecule has 226 valence electrons.